The van der Waals surface area contributed by atoms with E-state index in [1.54, 1.807) is 6.26 Å². The number of furan rings is 1. The van der Waals surface area contributed by atoms with Crippen LogP contribution in [0.15, 0.2) is 41.0 Å². The maximum absolute atomic E-state index is 12.5. The SMILES string of the molecule is CS(=O)(=O)N1CCN(CCOc2ccc3c(ccc4occ([C@H]5CCC(=O)CC5=O)c43)c2)CC1. The molecule has 9 heteroatoms. The fourth-order valence-electron chi connectivity index (χ4n) is 4.99. The molecule has 1 saturated heterocycles. The normalized spacial score (nSPS) is 20.9. The molecule has 1 saturated carbocycles. The number of fused-ring (bicyclic) bond motifs is 3. The molecule has 0 N–H and O–H groups in total. The van der Waals surface area contributed by atoms with Gasteiger partial charge in [-0.2, -0.15) is 4.31 Å². The molecule has 1 aromatic heterocycles. The maximum Gasteiger partial charge on any atom is 0.211 e. The Bertz CT molecular complexity index is 1350. The Balaban J connectivity index is 1.28. The lowest BCUT2D eigenvalue weighted by atomic mass is 9.81. The highest BCUT2D eigenvalue weighted by atomic mass is 32.2. The van der Waals surface area contributed by atoms with Crippen molar-refractivity contribution >= 4 is 43.3 Å². The van der Waals surface area contributed by atoms with Crippen LogP contribution < -0.4 is 4.74 Å². The van der Waals surface area contributed by atoms with Gasteiger partial charge in [0.25, 0.3) is 0 Å². The highest BCUT2D eigenvalue weighted by molar-refractivity contribution is 7.88. The molecule has 2 aliphatic rings. The van der Waals surface area contributed by atoms with Gasteiger partial charge in [0.05, 0.1) is 18.9 Å². The first-order valence-corrected chi connectivity index (χ1v) is 13.4. The van der Waals surface area contributed by atoms with Gasteiger partial charge in [-0.1, -0.05) is 6.07 Å². The minimum Gasteiger partial charge on any atom is -0.492 e. The van der Waals surface area contributed by atoms with Crippen LogP contribution in [0.3, 0.4) is 0 Å². The molecular formula is C25H28N2O6S. The number of ketones is 2. The summed E-state index contributed by atoms with van der Waals surface area (Å²) < 4.78 is 36.6. The summed E-state index contributed by atoms with van der Waals surface area (Å²) in [5.41, 5.74) is 1.59. The molecule has 2 aromatic carbocycles. The number of carbonyl (C=O) groups excluding carboxylic acids is 2. The molecule has 2 fully saturated rings. The molecule has 0 radical (unpaired) electrons. The van der Waals surface area contributed by atoms with Crippen LogP contribution >= 0.6 is 0 Å². The van der Waals surface area contributed by atoms with Crippen molar-refractivity contribution in [2.75, 3.05) is 45.6 Å². The molecule has 1 atom stereocenters. The van der Waals surface area contributed by atoms with Gasteiger partial charge >= 0.3 is 0 Å². The van der Waals surface area contributed by atoms with Crippen LogP contribution in [0.1, 0.15) is 30.7 Å². The third-order valence-electron chi connectivity index (χ3n) is 6.88. The predicted molar refractivity (Wildman–Crippen MR) is 129 cm³/mol. The van der Waals surface area contributed by atoms with Gasteiger partial charge in [0.1, 0.15) is 29.5 Å². The van der Waals surface area contributed by atoms with Gasteiger partial charge in [0.2, 0.25) is 10.0 Å². The molecule has 0 bridgehead atoms. The first-order valence-electron chi connectivity index (χ1n) is 11.6. The van der Waals surface area contributed by atoms with Gasteiger partial charge in [-0.3, -0.25) is 14.5 Å². The average Bonchev–Trinajstić information content (AvgIpc) is 3.23. The monoisotopic (exact) mass is 484 g/mol. The molecule has 5 rings (SSSR count). The van der Waals surface area contributed by atoms with E-state index in [1.165, 1.54) is 10.6 Å². The first kappa shape index (κ1) is 23.0. The minimum atomic E-state index is -3.13. The van der Waals surface area contributed by atoms with Crippen LogP contribution in [0.25, 0.3) is 21.7 Å². The summed E-state index contributed by atoms with van der Waals surface area (Å²) in [4.78, 5) is 26.4. The van der Waals surface area contributed by atoms with Crippen LogP contribution in [-0.4, -0.2) is 74.8 Å². The molecule has 0 spiro atoms. The highest BCUT2D eigenvalue weighted by Gasteiger charge is 2.31. The number of sulfonamides is 1. The molecular weight excluding hydrogens is 456 g/mol. The number of hydrogen-bond donors (Lipinski definition) is 0. The lowest BCUT2D eigenvalue weighted by Gasteiger charge is -2.33. The molecule has 8 nitrogen and oxygen atoms in total. The summed E-state index contributed by atoms with van der Waals surface area (Å²) in [5, 5.41) is 2.92. The number of Topliss-reactive ketones (excluding diaryl/α,β-unsaturated/α-hetero) is 2. The summed E-state index contributed by atoms with van der Waals surface area (Å²) in [6, 6.07) is 9.79. The van der Waals surface area contributed by atoms with Gasteiger partial charge in [-0.25, -0.2) is 8.42 Å². The van der Waals surface area contributed by atoms with E-state index in [4.69, 9.17) is 9.15 Å². The Morgan fingerprint density at radius 1 is 1.09 bits per heavy atom. The van der Waals surface area contributed by atoms with Crippen molar-refractivity contribution in [1.82, 2.24) is 9.21 Å². The molecule has 1 aliphatic carbocycles. The van der Waals surface area contributed by atoms with Crippen LogP contribution in [0.4, 0.5) is 0 Å². The first-order chi connectivity index (χ1) is 16.3. The van der Waals surface area contributed by atoms with Crippen molar-refractivity contribution in [2.24, 2.45) is 0 Å². The Labute approximate surface area is 198 Å². The third-order valence-corrected chi connectivity index (χ3v) is 8.18. The number of carbonyl (C=O) groups is 2. The summed E-state index contributed by atoms with van der Waals surface area (Å²) in [6.45, 7) is 3.64. The molecule has 180 valence electrons. The fourth-order valence-corrected chi connectivity index (χ4v) is 5.82. The second-order valence-electron chi connectivity index (χ2n) is 9.14. The van der Waals surface area contributed by atoms with Crippen molar-refractivity contribution < 1.29 is 27.2 Å². The Kier molecular flexibility index (Phi) is 6.18. The summed E-state index contributed by atoms with van der Waals surface area (Å²) in [6.07, 6.45) is 3.87. The zero-order valence-electron chi connectivity index (χ0n) is 19.2. The molecule has 1 aliphatic heterocycles. The number of piperazine rings is 1. The number of rotatable bonds is 6. The van der Waals surface area contributed by atoms with Gasteiger partial charge in [-0.15, -0.1) is 0 Å². The Morgan fingerprint density at radius 2 is 1.88 bits per heavy atom. The van der Waals surface area contributed by atoms with Crippen molar-refractivity contribution in [3.63, 3.8) is 0 Å². The second kappa shape index (κ2) is 9.13. The standard InChI is InChI=1S/C25H28N2O6S/c1-34(30,31)27-10-8-26(9-11-27)12-13-32-19-4-6-20-17(14-19)2-7-24-25(20)22(16-33-24)21-5-3-18(28)15-23(21)29/h2,4,6-7,14,16,21H,3,5,8-13,15H2,1H3/t21-/m1/s1. The lowest BCUT2D eigenvalue weighted by Crippen LogP contribution is -2.49. The van der Waals surface area contributed by atoms with E-state index >= 15 is 0 Å². The van der Waals surface area contributed by atoms with E-state index in [2.05, 4.69) is 4.90 Å². The number of benzene rings is 2. The van der Waals surface area contributed by atoms with Crippen molar-refractivity contribution in [3.8, 4) is 5.75 Å². The van der Waals surface area contributed by atoms with Gasteiger partial charge in [-0.05, 0) is 41.5 Å². The van der Waals surface area contributed by atoms with E-state index in [0.717, 1.165) is 39.6 Å². The number of nitrogens with zero attached hydrogens (tertiary/aromatic N) is 2. The van der Waals surface area contributed by atoms with E-state index in [9.17, 15) is 18.0 Å². The van der Waals surface area contributed by atoms with Crippen LogP contribution in [0.5, 0.6) is 5.75 Å². The lowest BCUT2D eigenvalue weighted by molar-refractivity contribution is -0.130. The number of hydrogen-bond acceptors (Lipinski definition) is 7. The molecule has 34 heavy (non-hydrogen) atoms. The van der Waals surface area contributed by atoms with E-state index in [1.807, 2.05) is 30.3 Å². The van der Waals surface area contributed by atoms with Crippen LogP contribution in [0.2, 0.25) is 0 Å². The van der Waals surface area contributed by atoms with E-state index in [0.29, 0.717) is 45.6 Å². The third kappa shape index (κ3) is 4.60. The van der Waals surface area contributed by atoms with Crippen LogP contribution in [-0.2, 0) is 19.6 Å². The highest BCUT2D eigenvalue weighted by Crippen LogP contribution is 2.38. The largest absolute Gasteiger partial charge is 0.492 e. The topological polar surface area (TPSA) is 97.1 Å². The summed E-state index contributed by atoms with van der Waals surface area (Å²) in [5.74, 6) is 0.431. The number of ether oxygens (including phenoxy) is 1. The summed E-state index contributed by atoms with van der Waals surface area (Å²) in [7, 11) is -3.13. The van der Waals surface area contributed by atoms with Crippen molar-refractivity contribution in [2.45, 2.75) is 25.2 Å². The maximum atomic E-state index is 12.5. The minimum absolute atomic E-state index is 0.00337. The molecule has 0 unspecified atom stereocenters. The zero-order chi connectivity index (χ0) is 23.9. The molecule has 0 amide bonds. The zero-order valence-corrected chi connectivity index (χ0v) is 20.0. The van der Waals surface area contributed by atoms with E-state index in [-0.39, 0.29) is 23.9 Å². The van der Waals surface area contributed by atoms with Crippen molar-refractivity contribution in [1.29, 1.82) is 0 Å². The smallest absolute Gasteiger partial charge is 0.211 e. The second-order valence-corrected chi connectivity index (χ2v) is 11.1. The van der Waals surface area contributed by atoms with Crippen LogP contribution in [0, 0.1) is 0 Å². The molecule has 3 aromatic rings. The van der Waals surface area contributed by atoms with Gasteiger partial charge in [0, 0.05) is 56.0 Å². The fraction of sp³-hybridized carbons (Fsp3) is 0.440. The Morgan fingerprint density at radius 3 is 2.62 bits per heavy atom. The average molecular weight is 485 g/mol. The van der Waals surface area contributed by atoms with Gasteiger partial charge in [0.15, 0.2) is 0 Å². The van der Waals surface area contributed by atoms with Crippen molar-refractivity contribution in [3.05, 3.63) is 42.2 Å². The van der Waals surface area contributed by atoms with Gasteiger partial charge < -0.3 is 9.15 Å². The Hall–Kier alpha value is -2.75. The predicted octanol–water partition coefficient (Wildman–Crippen LogP) is 2.95. The van der Waals surface area contributed by atoms with E-state index < -0.39 is 10.0 Å². The quantitative estimate of drug-likeness (QED) is 0.496. The summed E-state index contributed by atoms with van der Waals surface area (Å²) >= 11 is 0. The molecule has 2 heterocycles.